The number of alkyl halides is 1. The van der Waals surface area contributed by atoms with Gasteiger partial charge in [0, 0.05) is 0 Å². The standard InChI is InChI=1S/C4H7ClO3/c1-8-4(7)3(6)2-5/h3,6H,2H2,1H3/t3-/m1/s1. The van der Waals surface area contributed by atoms with Crippen molar-refractivity contribution in [2.24, 2.45) is 0 Å². The molecular weight excluding hydrogens is 131 g/mol. The van der Waals surface area contributed by atoms with Crippen LogP contribution in [0.2, 0.25) is 0 Å². The lowest BCUT2D eigenvalue weighted by Gasteiger charge is -2.00. The molecule has 0 amide bonds. The average Bonchev–Trinajstić information content (AvgIpc) is 1.84. The van der Waals surface area contributed by atoms with Crippen molar-refractivity contribution in [3.8, 4) is 0 Å². The number of rotatable bonds is 2. The van der Waals surface area contributed by atoms with Crippen LogP contribution in [0.5, 0.6) is 0 Å². The molecule has 0 aromatic carbocycles. The number of methoxy groups -OCH3 is 1. The molecule has 0 unspecified atom stereocenters. The first-order valence-corrected chi connectivity index (χ1v) is 2.57. The predicted octanol–water partition coefficient (Wildman–Crippen LogP) is -0.241. The molecule has 8 heavy (non-hydrogen) atoms. The number of hydrogen-bond acceptors (Lipinski definition) is 3. The van der Waals surface area contributed by atoms with Gasteiger partial charge in [-0.3, -0.25) is 0 Å². The molecule has 4 heteroatoms. The molecule has 0 aliphatic rings. The van der Waals surface area contributed by atoms with E-state index in [-0.39, 0.29) is 5.88 Å². The minimum atomic E-state index is -1.18. The highest BCUT2D eigenvalue weighted by Gasteiger charge is 2.11. The number of carbonyl (C=O) groups is 1. The third-order valence-electron chi connectivity index (χ3n) is 0.619. The van der Waals surface area contributed by atoms with Gasteiger partial charge in [-0.25, -0.2) is 4.79 Å². The normalized spacial score (nSPS) is 12.9. The Labute approximate surface area is 52.2 Å². The molecule has 0 aromatic rings. The minimum absolute atomic E-state index is 0.118. The van der Waals surface area contributed by atoms with E-state index in [0.29, 0.717) is 0 Å². The van der Waals surface area contributed by atoms with Gasteiger partial charge in [-0.15, -0.1) is 11.6 Å². The first kappa shape index (κ1) is 7.72. The Morgan fingerprint density at radius 1 is 2.00 bits per heavy atom. The van der Waals surface area contributed by atoms with Gasteiger partial charge in [0.1, 0.15) is 0 Å². The molecule has 0 radical (unpaired) electrons. The Morgan fingerprint density at radius 2 is 2.50 bits per heavy atom. The molecule has 0 bridgehead atoms. The number of aliphatic hydroxyl groups is 1. The number of aliphatic hydroxyl groups excluding tert-OH is 1. The van der Waals surface area contributed by atoms with Crippen molar-refractivity contribution in [1.29, 1.82) is 0 Å². The Balaban J connectivity index is 3.46. The van der Waals surface area contributed by atoms with Crippen molar-refractivity contribution in [2.45, 2.75) is 6.10 Å². The average molecular weight is 139 g/mol. The second-order valence-corrected chi connectivity index (χ2v) is 1.50. The van der Waals surface area contributed by atoms with Crippen LogP contribution in [0.4, 0.5) is 0 Å². The van der Waals surface area contributed by atoms with Crippen LogP contribution >= 0.6 is 11.6 Å². The van der Waals surface area contributed by atoms with Gasteiger partial charge in [0.15, 0.2) is 6.10 Å². The molecule has 0 spiro atoms. The maximum Gasteiger partial charge on any atom is 0.335 e. The van der Waals surface area contributed by atoms with Crippen LogP contribution in [-0.4, -0.2) is 30.2 Å². The number of carbonyl (C=O) groups excluding carboxylic acids is 1. The fourth-order valence-corrected chi connectivity index (χ4v) is 0.325. The van der Waals surface area contributed by atoms with Crippen molar-refractivity contribution in [2.75, 3.05) is 13.0 Å². The van der Waals surface area contributed by atoms with E-state index in [1.807, 2.05) is 0 Å². The molecule has 0 aromatic heterocycles. The van der Waals surface area contributed by atoms with Crippen molar-refractivity contribution in [3.05, 3.63) is 0 Å². The molecule has 1 N–H and O–H groups in total. The number of ether oxygens (including phenoxy) is 1. The summed E-state index contributed by atoms with van der Waals surface area (Å²) in [6, 6.07) is 0. The topological polar surface area (TPSA) is 46.5 Å². The summed E-state index contributed by atoms with van der Waals surface area (Å²) < 4.78 is 4.13. The van der Waals surface area contributed by atoms with Crippen molar-refractivity contribution in [1.82, 2.24) is 0 Å². The van der Waals surface area contributed by atoms with Crippen LogP contribution in [0.3, 0.4) is 0 Å². The first-order valence-electron chi connectivity index (χ1n) is 2.04. The Morgan fingerprint density at radius 3 is 2.62 bits per heavy atom. The highest BCUT2D eigenvalue weighted by molar-refractivity contribution is 6.19. The van der Waals surface area contributed by atoms with E-state index < -0.39 is 12.1 Å². The van der Waals surface area contributed by atoms with Crippen molar-refractivity contribution < 1.29 is 14.6 Å². The van der Waals surface area contributed by atoms with E-state index >= 15 is 0 Å². The van der Waals surface area contributed by atoms with Crippen LogP contribution in [0.15, 0.2) is 0 Å². The number of esters is 1. The van der Waals surface area contributed by atoms with Gasteiger partial charge in [-0.1, -0.05) is 0 Å². The van der Waals surface area contributed by atoms with Crippen molar-refractivity contribution >= 4 is 17.6 Å². The highest BCUT2D eigenvalue weighted by Crippen LogP contribution is 1.88. The zero-order valence-electron chi connectivity index (χ0n) is 4.43. The third-order valence-corrected chi connectivity index (χ3v) is 0.912. The van der Waals surface area contributed by atoms with Crippen molar-refractivity contribution in [3.63, 3.8) is 0 Å². The molecule has 0 rings (SSSR count). The summed E-state index contributed by atoms with van der Waals surface area (Å²) in [5.74, 6) is -0.813. The monoisotopic (exact) mass is 138 g/mol. The third kappa shape index (κ3) is 2.14. The van der Waals surface area contributed by atoms with E-state index in [1.165, 1.54) is 7.11 Å². The summed E-state index contributed by atoms with van der Waals surface area (Å²) in [5, 5.41) is 8.52. The second kappa shape index (κ2) is 3.69. The highest BCUT2D eigenvalue weighted by atomic mass is 35.5. The predicted molar refractivity (Wildman–Crippen MR) is 28.7 cm³/mol. The molecule has 0 fully saturated rings. The van der Waals surface area contributed by atoms with E-state index in [9.17, 15) is 4.79 Å². The van der Waals surface area contributed by atoms with Gasteiger partial charge in [-0.05, 0) is 0 Å². The van der Waals surface area contributed by atoms with Gasteiger partial charge < -0.3 is 9.84 Å². The van der Waals surface area contributed by atoms with Crippen LogP contribution in [0.25, 0.3) is 0 Å². The summed E-state index contributed by atoms with van der Waals surface area (Å²) >= 11 is 5.07. The molecule has 48 valence electrons. The second-order valence-electron chi connectivity index (χ2n) is 1.19. The van der Waals surface area contributed by atoms with Crippen LogP contribution in [-0.2, 0) is 9.53 Å². The largest absolute Gasteiger partial charge is 0.467 e. The summed E-state index contributed by atoms with van der Waals surface area (Å²) in [6.45, 7) is 0. The lowest BCUT2D eigenvalue weighted by atomic mass is 10.4. The molecule has 0 aliphatic heterocycles. The summed E-state index contributed by atoms with van der Waals surface area (Å²) in [7, 11) is 1.19. The van der Waals surface area contributed by atoms with Gasteiger partial charge in [0.2, 0.25) is 0 Å². The lowest BCUT2D eigenvalue weighted by Crippen LogP contribution is -2.22. The van der Waals surface area contributed by atoms with E-state index in [4.69, 9.17) is 16.7 Å². The SMILES string of the molecule is COC(=O)[C@H](O)CCl. The van der Waals surface area contributed by atoms with Gasteiger partial charge in [0.25, 0.3) is 0 Å². The molecule has 0 saturated carbocycles. The molecule has 1 atom stereocenters. The first-order chi connectivity index (χ1) is 3.72. The number of hydrogen-bond donors (Lipinski definition) is 1. The Hall–Kier alpha value is -0.280. The van der Waals surface area contributed by atoms with Gasteiger partial charge >= 0.3 is 5.97 Å². The molecule has 3 nitrogen and oxygen atoms in total. The fraction of sp³-hybridized carbons (Fsp3) is 0.750. The summed E-state index contributed by atoms with van der Waals surface area (Å²) in [5.41, 5.74) is 0. The quantitative estimate of drug-likeness (QED) is 0.423. The van der Waals surface area contributed by atoms with Crippen LogP contribution < -0.4 is 0 Å². The van der Waals surface area contributed by atoms with E-state index in [0.717, 1.165) is 0 Å². The fourth-order valence-electron chi connectivity index (χ4n) is 0.199. The smallest absolute Gasteiger partial charge is 0.335 e. The van der Waals surface area contributed by atoms with Crippen LogP contribution in [0.1, 0.15) is 0 Å². The lowest BCUT2D eigenvalue weighted by molar-refractivity contribution is -0.149. The van der Waals surface area contributed by atoms with Crippen LogP contribution in [0, 0.1) is 0 Å². The maximum absolute atomic E-state index is 10.2. The number of halogens is 1. The van der Waals surface area contributed by atoms with Gasteiger partial charge in [-0.2, -0.15) is 0 Å². The molecule has 0 heterocycles. The summed E-state index contributed by atoms with van der Waals surface area (Å²) in [4.78, 5) is 10.2. The van der Waals surface area contributed by atoms with E-state index in [1.54, 1.807) is 0 Å². The molecule has 0 aliphatic carbocycles. The summed E-state index contributed by atoms with van der Waals surface area (Å²) in [6.07, 6.45) is -1.18. The Bertz CT molecular complexity index is 83.4. The zero-order valence-corrected chi connectivity index (χ0v) is 5.18. The minimum Gasteiger partial charge on any atom is -0.467 e. The Kier molecular flexibility index (Phi) is 3.56. The maximum atomic E-state index is 10.2. The molecular formula is C4H7ClO3. The zero-order chi connectivity index (χ0) is 6.57. The van der Waals surface area contributed by atoms with E-state index in [2.05, 4.69) is 4.74 Å². The van der Waals surface area contributed by atoms with Gasteiger partial charge in [0.05, 0.1) is 13.0 Å². The molecule has 0 saturated heterocycles.